The first-order valence-corrected chi connectivity index (χ1v) is 12.5. The van der Waals surface area contributed by atoms with Crippen molar-refractivity contribution in [3.63, 3.8) is 0 Å². The number of anilines is 1. The van der Waals surface area contributed by atoms with Gasteiger partial charge in [-0.2, -0.15) is 5.26 Å². The zero-order valence-electron chi connectivity index (χ0n) is 18.0. The van der Waals surface area contributed by atoms with Gasteiger partial charge in [0.25, 0.3) is 0 Å². The number of ketones is 1. The number of nitrogens with two attached hydrogens (primary N) is 2. The van der Waals surface area contributed by atoms with E-state index in [4.69, 9.17) is 10.9 Å². The molecule has 0 amide bonds. The van der Waals surface area contributed by atoms with Gasteiger partial charge in [0, 0.05) is 28.3 Å². The Bertz CT molecular complexity index is 1330. The second kappa shape index (κ2) is 7.59. The molecule has 1 atom stereocenters. The van der Waals surface area contributed by atoms with Crippen molar-refractivity contribution < 1.29 is 13.2 Å². The van der Waals surface area contributed by atoms with Crippen LogP contribution in [-0.4, -0.2) is 14.2 Å². The summed E-state index contributed by atoms with van der Waals surface area (Å²) < 4.78 is 23.4. The number of aryl methyl sites for hydroxylation is 1. The first-order valence-electron chi connectivity index (χ1n) is 10.1. The maximum atomic E-state index is 13.4. The van der Waals surface area contributed by atoms with Crippen molar-refractivity contribution in [1.82, 2.24) is 0 Å². The Hall–Kier alpha value is -2.93. The summed E-state index contributed by atoms with van der Waals surface area (Å²) in [5.41, 5.74) is 9.54. The molecule has 4 rings (SSSR count). The summed E-state index contributed by atoms with van der Waals surface area (Å²) in [7, 11) is -3.85. The fourth-order valence-electron chi connectivity index (χ4n) is 4.53. The van der Waals surface area contributed by atoms with Crippen LogP contribution in [0.4, 0.5) is 5.69 Å². The van der Waals surface area contributed by atoms with Gasteiger partial charge in [0.1, 0.15) is 5.82 Å². The average Bonchev–Trinajstić information content (AvgIpc) is 3.11. The van der Waals surface area contributed by atoms with Gasteiger partial charge in [-0.25, -0.2) is 13.6 Å². The molecule has 0 radical (unpaired) electrons. The molecule has 1 aromatic heterocycles. The van der Waals surface area contributed by atoms with Crippen LogP contribution in [0.5, 0.6) is 0 Å². The van der Waals surface area contributed by atoms with Gasteiger partial charge >= 0.3 is 0 Å². The third-order valence-corrected chi connectivity index (χ3v) is 7.98. The Labute approximate surface area is 191 Å². The van der Waals surface area contributed by atoms with E-state index in [2.05, 4.69) is 6.07 Å². The minimum absolute atomic E-state index is 0.000422. The number of thiophene rings is 1. The number of sulfonamides is 1. The van der Waals surface area contributed by atoms with Crippen LogP contribution >= 0.6 is 11.3 Å². The van der Waals surface area contributed by atoms with Crippen LogP contribution in [0.3, 0.4) is 0 Å². The molecule has 0 fully saturated rings. The zero-order valence-corrected chi connectivity index (χ0v) is 19.7. The molecule has 9 heteroatoms. The Kier molecular flexibility index (Phi) is 5.28. The lowest BCUT2D eigenvalue weighted by Gasteiger charge is -2.43. The summed E-state index contributed by atoms with van der Waals surface area (Å²) in [5, 5.41) is 17.3. The van der Waals surface area contributed by atoms with Crippen molar-refractivity contribution in [3.05, 3.63) is 68.8 Å². The largest absolute Gasteiger partial charge is 0.384 e. The number of benzene rings is 1. The number of Topliss-reactive ketones (excluding diaryl/α,β-unsaturated/α-hetero) is 1. The van der Waals surface area contributed by atoms with Crippen molar-refractivity contribution in [2.75, 3.05) is 4.90 Å². The number of allylic oxidation sites excluding steroid dienone is 3. The second-order valence-electron chi connectivity index (χ2n) is 8.99. The number of hydrogen-bond acceptors (Lipinski definition) is 7. The van der Waals surface area contributed by atoms with E-state index < -0.39 is 15.9 Å². The standard InChI is InChI=1S/C23H24N4O3S2/c1-13-8-9-31-21(13)19-16(12-24)22(25)27(14-4-6-15(7-5-14)32(26,29)30)17-10-23(2,3)11-18(28)20(17)19/h4-9,19H,10-11,25H2,1-3H3,(H2,26,29,30)/t19-/m0/s1. The van der Waals surface area contributed by atoms with E-state index in [0.717, 1.165) is 16.1 Å². The Balaban J connectivity index is 1.97. The predicted octanol–water partition coefficient (Wildman–Crippen LogP) is 3.64. The lowest BCUT2D eigenvalue weighted by atomic mass is 9.69. The molecule has 1 aromatic carbocycles. The average molecular weight is 469 g/mol. The van der Waals surface area contributed by atoms with Crippen LogP contribution in [0.1, 0.15) is 43.0 Å². The third-order valence-electron chi connectivity index (χ3n) is 5.97. The Morgan fingerprint density at radius 1 is 1.19 bits per heavy atom. The van der Waals surface area contributed by atoms with E-state index in [0.29, 0.717) is 29.7 Å². The van der Waals surface area contributed by atoms with Crippen molar-refractivity contribution in [2.24, 2.45) is 16.3 Å². The summed E-state index contributed by atoms with van der Waals surface area (Å²) in [6.07, 6.45) is 0.967. The summed E-state index contributed by atoms with van der Waals surface area (Å²) in [4.78, 5) is 16.1. The number of carbonyl (C=O) groups is 1. The highest BCUT2D eigenvalue weighted by molar-refractivity contribution is 7.89. The van der Waals surface area contributed by atoms with Gasteiger partial charge in [0.2, 0.25) is 10.0 Å². The molecule has 7 nitrogen and oxygen atoms in total. The maximum absolute atomic E-state index is 13.4. The first kappa shape index (κ1) is 22.3. The van der Waals surface area contributed by atoms with Gasteiger partial charge < -0.3 is 5.73 Å². The molecule has 2 aromatic rings. The molecule has 0 unspecified atom stereocenters. The van der Waals surface area contributed by atoms with E-state index in [1.54, 1.807) is 17.0 Å². The van der Waals surface area contributed by atoms with E-state index in [1.807, 2.05) is 32.2 Å². The molecule has 0 spiro atoms. The number of rotatable bonds is 3. The van der Waals surface area contributed by atoms with Crippen LogP contribution in [0.2, 0.25) is 0 Å². The minimum Gasteiger partial charge on any atom is -0.384 e. The topological polar surface area (TPSA) is 130 Å². The van der Waals surface area contributed by atoms with Gasteiger partial charge in [-0.3, -0.25) is 9.69 Å². The van der Waals surface area contributed by atoms with Crippen LogP contribution in [0.25, 0.3) is 0 Å². The van der Waals surface area contributed by atoms with E-state index in [9.17, 15) is 18.5 Å². The van der Waals surface area contributed by atoms with Crippen molar-refractivity contribution >= 4 is 32.8 Å². The summed E-state index contributed by atoms with van der Waals surface area (Å²) in [6, 6.07) is 10.2. The van der Waals surface area contributed by atoms with Crippen LogP contribution in [0.15, 0.2) is 63.3 Å². The third kappa shape index (κ3) is 3.64. The minimum atomic E-state index is -3.85. The Morgan fingerprint density at radius 3 is 2.38 bits per heavy atom. The highest BCUT2D eigenvalue weighted by Gasteiger charge is 2.45. The van der Waals surface area contributed by atoms with E-state index in [1.165, 1.54) is 23.5 Å². The molecule has 1 aliphatic carbocycles. The molecular formula is C23H24N4O3S2. The molecular weight excluding hydrogens is 444 g/mol. The number of hydrogen-bond donors (Lipinski definition) is 2. The normalized spacial score (nSPS) is 20.9. The molecule has 0 saturated carbocycles. The molecule has 0 saturated heterocycles. The number of carbonyl (C=O) groups excluding carboxylic acids is 1. The van der Waals surface area contributed by atoms with E-state index >= 15 is 0 Å². The van der Waals surface area contributed by atoms with Gasteiger partial charge in [-0.15, -0.1) is 11.3 Å². The number of primary sulfonamides is 1. The lowest BCUT2D eigenvalue weighted by molar-refractivity contribution is -0.118. The van der Waals surface area contributed by atoms with Gasteiger partial charge in [0.15, 0.2) is 5.78 Å². The van der Waals surface area contributed by atoms with Crippen molar-refractivity contribution in [1.29, 1.82) is 5.26 Å². The lowest BCUT2D eigenvalue weighted by Crippen LogP contribution is -2.42. The molecule has 166 valence electrons. The highest BCUT2D eigenvalue weighted by Crippen LogP contribution is 2.51. The molecule has 4 N–H and O–H groups in total. The summed E-state index contributed by atoms with van der Waals surface area (Å²) >= 11 is 1.51. The molecule has 2 heterocycles. The predicted molar refractivity (Wildman–Crippen MR) is 124 cm³/mol. The highest BCUT2D eigenvalue weighted by atomic mass is 32.2. The monoisotopic (exact) mass is 468 g/mol. The van der Waals surface area contributed by atoms with Crippen molar-refractivity contribution in [2.45, 2.75) is 44.4 Å². The molecule has 2 aliphatic rings. The SMILES string of the molecule is Cc1ccsc1[C@H]1C(C#N)=C(N)N(c2ccc(S(N)(=O)=O)cc2)C2=C1C(=O)CC(C)(C)C2. The molecule has 0 bridgehead atoms. The van der Waals surface area contributed by atoms with Gasteiger partial charge in [-0.1, -0.05) is 13.8 Å². The quantitative estimate of drug-likeness (QED) is 0.707. The van der Waals surface area contributed by atoms with Gasteiger partial charge in [-0.05, 0) is 60.0 Å². The summed E-state index contributed by atoms with van der Waals surface area (Å²) in [5.74, 6) is -0.253. The summed E-state index contributed by atoms with van der Waals surface area (Å²) in [6.45, 7) is 6.02. The van der Waals surface area contributed by atoms with E-state index in [-0.39, 0.29) is 21.9 Å². The second-order valence-corrected chi connectivity index (χ2v) is 11.5. The Morgan fingerprint density at radius 2 is 1.84 bits per heavy atom. The van der Waals surface area contributed by atoms with Gasteiger partial charge in [0.05, 0.1) is 22.5 Å². The number of nitrogens with zero attached hydrogens (tertiary/aromatic N) is 2. The smallest absolute Gasteiger partial charge is 0.238 e. The van der Waals surface area contributed by atoms with Crippen LogP contribution in [0, 0.1) is 23.7 Å². The molecule has 32 heavy (non-hydrogen) atoms. The van der Waals surface area contributed by atoms with Crippen molar-refractivity contribution in [3.8, 4) is 6.07 Å². The van der Waals surface area contributed by atoms with Crippen LogP contribution in [-0.2, 0) is 14.8 Å². The fraction of sp³-hybridized carbons (Fsp3) is 0.304. The number of nitriles is 1. The molecule has 1 aliphatic heterocycles. The van der Waals surface area contributed by atoms with Crippen LogP contribution < -0.4 is 15.8 Å². The maximum Gasteiger partial charge on any atom is 0.238 e. The fourth-order valence-corrected chi connectivity index (χ4v) is 6.09. The first-order chi connectivity index (χ1) is 14.9. The zero-order chi connectivity index (χ0) is 23.4.